The molecule has 2 aromatic carbocycles. The van der Waals surface area contributed by atoms with Crippen molar-refractivity contribution in [1.82, 2.24) is 10.2 Å². The number of rotatable bonds is 6. The van der Waals surface area contributed by atoms with Crippen LogP contribution in [0.2, 0.25) is 0 Å². The molecule has 0 aromatic heterocycles. The minimum atomic E-state index is -4.37. The molecule has 1 fully saturated rings. The molecule has 1 saturated heterocycles. The molecule has 7 heteroatoms. The average Bonchev–Trinajstić information content (AvgIpc) is 2.67. The summed E-state index contributed by atoms with van der Waals surface area (Å²) in [6.07, 6.45) is -4.37. The summed E-state index contributed by atoms with van der Waals surface area (Å²) in [7, 11) is 1.47. The first-order valence-electron chi connectivity index (χ1n) is 8.85. The number of alkyl halides is 3. The van der Waals surface area contributed by atoms with Crippen LogP contribution in [0.4, 0.5) is 13.2 Å². The van der Waals surface area contributed by atoms with Crippen molar-refractivity contribution in [3.05, 3.63) is 59.7 Å². The van der Waals surface area contributed by atoms with Gasteiger partial charge in [0.15, 0.2) is 11.5 Å². The molecule has 146 valence electrons. The zero-order chi connectivity index (χ0) is 19.3. The third kappa shape index (κ3) is 4.93. The van der Waals surface area contributed by atoms with Gasteiger partial charge in [-0.3, -0.25) is 4.90 Å². The van der Waals surface area contributed by atoms with Gasteiger partial charge in [0, 0.05) is 26.2 Å². The van der Waals surface area contributed by atoms with E-state index in [-0.39, 0.29) is 12.2 Å². The SMILES string of the molecule is COc1ccc([C@H](N2CCNCC2)C(F)(F)F)cc1OCc1ccccc1. The van der Waals surface area contributed by atoms with Gasteiger partial charge in [0.05, 0.1) is 7.11 Å². The standard InChI is InChI=1S/C20H23F3N2O2/c1-26-17-8-7-16(13-18(17)27-14-15-5-3-2-4-6-15)19(20(21,22)23)25-11-9-24-10-12-25/h2-8,13,19,24H,9-12,14H2,1H3/t19-/m0/s1. The third-order valence-corrected chi connectivity index (χ3v) is 4.57. The number of hydrogen-bond acceptors (Lipinski definition) is 4. The molecule has 2 aromatic rings. The molecule has 0 amide bonds. The van der Waals surface area contributed by atoms with Gasteiger partial charge < -0.3 is 14.8 Å². The van der Waals surface area contributed by atoms with Gasteiger partial charge in [0.25, 0.3) is 0 Å². The topological polar surface area (TPSA) is 33.7 Å². The molecule has 0 spiro atoms. The van der Waals surface area contributed by atoms with Gasteiger partial charge in [-0.05, 0) is 23.3 Å². The number of piperazine rings is 1. The van der Waals surface area contributed by atoms with Crippen molar-refractivity contribution in [3.8, 4) is 11.5 Å². The summed E-state index contributed by atoms with van der Waals surface area (Å²) in [5, 5.41) is 3.09. The fourth-order valence-corrected chi connectivity index (χ4v) is 3.26. The Morgan fingerprint density at radius 1 is 1.04 bits per heavy atom. The fraction of sp³-hybridized carbons (Fsp3) is 0.400. The summed E-state index contributed by atoms with van der Waals surface area (Å²) >= 11 is 0. The molecule has 0 radical (unpaired) electrons. The van der Waals surface area contributed by atoms with E-state index in [1.807, 2.05) is 30.3 Å². The van der Waals surface area contributed by atoms with Crippen LogP contribution in [0.1, 0.15) is 17.2 Å². The van der Waals surface area contributed by atoms with E-state index in [9.17, 15) is 13.2 Å². The molecule has 1 aliphatic rings. The van der Waals surface area contributed by atoms with Gasteiger partial charge >= 0.3 is 6.18 Å². The molecule has 1 N–H and O–H groups in total. The van der Waals surface area contributed by atoms with E-state index < -0.39 is 12.2 Å². The van der Waals surface area contributed by atoms with Crippen LogP contribution in [-0.4, -0.2) is 44.4 Å². The van der Waals surface area contributed by atoms with Gasteiger partial charge in [-0.25, -0.2) is 0 Å². The number of ether oxygens (including phenoxy) is 2. The Hall–Kier alpha value is -2.25. The largest absolute Gasteiger partial charge is 0.493 e. The highest BCUT2D eigenvalue weighted by Crippen LogP contribution is 2.41. The molecule has 0 aliphatic carbocycles. The Kier molecular flexibility index (Phi) is 6.23. The van der Waals surface area contributed by atoms with Crippen LogP contribution in [0.15, 0.2) is 48.5 Å². The maximum Gasteiger partial charge on any atom is 0.408 e. The second-order valence-corrected chi connectivity index (χ2v) is 6.41. The lowest BCUT2D eigenvalue weighted by molar-refractivity contribution is -0.187. The van der Waals surface area contributed by atoms with Crippen molar-refractivity contribution >= 4 is 0 Å². The summed E-state index contributed by atoms with van der Waals surface area (Å²) in [6, 6.07) is 12.3. The highest BCUT2D eigenvalue weighted by molar-refractivity contribution is 5.44. The Balaban J connectivity index is 1.87. The van der Waals surface area contributed by atoms with E-state index in [0.717, 1.165) is 5.56 Å². The minimum Gasteiger partial charge on any atom is -0.493 e. The maximum atomic E-state index is 13.8. The van der Waals surface area contributed by atoms with E-state index in [1.54, 1.807) is 0 Å². The molecule has 0 bridgehead atoms. The quantitative estimate of drug-likeness (QED) is 0.827. The molecule has 1 heterocycles. The van der Waals surface area contributed by atoms with Crippen molar-refractivity contribution in [1.29, 1.82) is 0 Å². The zero-order valence-electron chi connectivity index (χ0n) is 15.1. The van der Waals surface area contributed by atoms with Gasteiger partial charge in [-0.15, -0.1) is 0 Å². The average molecular weight is 380 g/mol. The van der Waals surface area contributed by atoms with Crippen LogP contribution < -0.4 is 14.8 Å². The van der Waals surface area contributed by atoms with Crippen LogP contribution in [0.3, 0.4) is 0 Å². The summed E-state index contributed by atoms with van der Waals surface area (Å²) in [5.74, 6) is 0.721. The van der Waals surface area contributed by atoms with Crippen molar-refractivity contribution < 1.29 is 22.6 Å². The van der Waals surface area contributed by atoms with E-state index in [4.69, 9.17) is 9.47 Å². The van der Waals surface area contributed by atoms with Gasteiger partial charge in [-0.1, -0.05) is 36.4 Å². The molecule has 1 atom stereocenters. The summed E-state index contributed by atoms with van der Waals surface area (Å²) in [4.78, 5) is 1.46. The summed E-state index contributed by atoms with van der Waals surface area (Å²) < 4.78 is 52.5. The monoisotopic (exact) mass is 380 g/mol. The molecule has 1 aliphatic heterocycles. The first-order chi connectivity index (χ1) is 13.0. The fourth-order valence-electron chi connectivity index (χ4n) is 3.26. The number of hydrogen-bond donors (Lipinski definition) is 1. The Morgan fingerprint density at radius 2 is 1.74 bits per heavy atom. The van der Waals surface area contributed by atoms with Crippen LogP contribution in [0, 0.1) is 0 Å². The number of halogens is 3. The molecular formula is C20H23F3N2O2. The van der Waals surface area contributed by atoms with Crippen LogP contribution in [0.5, 0.6) is 11.5 Å². The van der Waals surface area contributed by atoms with E-state index in [1.165, 1.54) is 30.2 Å². The van der Waals surface area contributed by atoms with Crippen molar-refractivity contribution in [2.75, 3.05) is 33.3 Å². The third-order valence-electron chi connectivity index (χ3n) is 4.57. The second kappa shape index (κ2) is 8.63. The molecule has 3 rings (SSSR count). The van der Waals surface area contributed by atoms with Gasteiger partial charge in [-0.2, -0.15) is 13.2 Å². The first kappa shape index (κ1) is 19.5. The van der Waals surface area contributed by atoms with Crippen molar-refractivity contribution in [3.63, 3.8) is 0 Å². The van der Waals surface area contributed by atoms with Gasteiger partial charge in [0.2, 0.25) is 0 Å². The molecule has 4 nitrogen and oxygen atoms in total. The smallest absolute Gasteiger partial charge is 0.408 e. The number of nitrogens with zero attached hydrogens (tertiary/aromatic N) is 1. The second-order valence-electron chi connectivity index (χ2n) is 6.41. The molecule has 0 unspecified atom stereocenters. The Bertz CT molecular complexity index is 732. The van der Waals surface area contributed by atoms with Crippen molar-refractivity contribution in [2.45, 2.75) is 18.8 Å². The highest BCUT2D eigenvalue weighted by Gasteiger charge is 2.45. The summed E-state index contributed by atoms with van der Waals surface area (Å²) in [6.45, 7) is 2.03. The van der Waals surface area contributed by atoms with Crippen LogP contribution >= 0.6 is 0 Å². The minimum absolute atomic E-state index is 0.160. The van der Waals surface area contributed by atoms with E-state index in [0.29, 0.717) is 37.7 Å². The van der Waals surface area contributed by atoms with E-state index in [2.05, 4.69) is 5.32 Å². The lowest BCUT2D eigenvalue weighted by atomic mass is 10.0. The molecule has 0 saturated carbocycles. The maximum absolute atomic E-state index is 13.8. The number of benzene rings is 2. The Labute approximate surface area is 156 Å². The number of methoxy groups -OCH3 is 1. The first-order valence-corrected chi connectivity index (χ1v) is 8.85. The zero-order valence-corrected chi connectivity index (χ0v) is 15.1. The van der Waals surface area contributed by atoms with Crippen LogP contribution in [0.25, 0.3) is 0 Å². The lowest BCUT2D eigenvalue weighted by Gasteiger charge is -2.36. The molecule has 27 heavy (non-hydrogen) atoms. The van der Waals surface area contributed by atoms with Gasteiger partial charge in [0.1, 0.15) is 12.6 Å². The predicted octanol–water partition coefficient (Wildman–Crippen LogP) is 3.78. The van der Waals surface area contributed by atoms with Crippen molar-refractivity contribution in [2.24, 2.45) is 0 Å². The van der Waals surface area contributed by atoms with Crippen LogP contribution in [-0.2, 0) is 6.61 Å². The van der Waals surface area contributed by atoms with E-state index >= 15 is 0 Å². The lowest BCUT2D eigenvalue weighted by Crippen LogP contribution is -2.49. The summed E-state index contributed by atoms with van der Waals surface area (Å²) in [5.41, 5.74) is 1.09. The molecular weight excluding hydrogens is 357 g/mol. The predicted molar refractivity (Wildman–Crippen MR) is 97.0 cm³/mol. The highest BCUT2D eigenvalue weighted by atomic mass is 19.4. The number of nitrogens with one attached hydrogen (secondary N) is 1. The Morgan fingerprint density at radius 3 is 2.37 bits per heavy atom. The normalized spacial score (nSPS) is 16.7.